The van der Waals surface area contributed by atoms with Gasteiger partial charge in [0, 0.05) is 32.9 Å². The van der Waals surface area contributed by atoms with Crippen molar-refractivity contribution in [1.82, 2.24) is 0 Å². The Morgan fingerprint density at radius 3 is 1.89 bits per heavy atom. The second-order valence-corrected chi connectivity index (χ2v) is 9.89. The molecule has 0 aromatic heterocycles. The maximum atomic E-state index is 12.5. The van der Waals surface area contributed by atoms with Crippen LogP contribution in [0.1, 0.15) is 11.1 Å². The van der Waals surface area contributed by atoms with E-state index in [0.29, 0.717) is 23.6 Å². The van der Waals surface area contributed by atoms with Gasteiger partial charge < -0.3 is 0 Å². The van der Waals surface area contributed by atoms with E-state index in [4.69, 9.17) is 23.8 Å². The van der Waals surface area contributed by atoms with Crippen LogP contribution in [0.3, 0.4) is 0 Å². The first-order valence-corrected chi connectivity index (χ1v) is 11.5. The zero-order valence-electron chi connectivity index (χ0n) is 14.7. The lowest BCUT2D eigenvalue weighted by Crippen LogP contribution is -2.13. The van der Waals surface area contributed by atoms with Crippen LogP contribution in [0.15, 0.2) is 82.2 Å². The summed E-state index contributed by atoms with van der Waals surface area (Å²) in [6, 6.07) is 21.3. The molecule has 0 amide bonds. The van der Waals surface area contributed by atoms with E-state index in [0.717, 1.165) is 20.5 Å². The number of rotatable bonds is 7. The molecule has 0 aliphatic carbocycles. The second-order valence-electron chi connectivity index (χ2n) is 6.28. The molecule has 0 atom stereocenters. The molecular weight excluding hydrogens is 478 g/mol. The van der Waals surface area contributed by atoms with Gasteiger partial charge in [-0.3, -0.25) is 4.72 Å². The smallest absolute Gasteiger partial charge is 0.261 e. The minimum Gasteiger partial charge on any atom is -0.280 e. The van der Waals surface area contributed by atoms with Crippen molar-refractivity contribution in [2.75, 3.05) is 4.72 Å². The Morgan fingerprint density at radius 1 is 0.857 bits per heavy atom. The molecule has 0 fully saturated rings. The van der Waals surface area contributed by atoms with E-state index in [9.17, 15) is 8.42 Å². The highest BCUT2D eigenvalue weighted by atomic mass is 79.9. The third kappa shape index (κ3) is 5.88. The summed E-state index contributed by atoms with van der Waals surface area (Å²) in [7, 11) is -3.65. The van der Waals surface area contributed by atoms with E-state index in [1.165, 1.54) is 0 Å². The molecule has 1 N–H and O–H groups in total. The molecule has 0 radical (unpaired) electrons. The quantitative estimate of drug-likeness (QED) is 0.406. The van der Waals surface area contributed by atoms with E-state index in [2.05, 4.69) is 20.7 Å². The third-order valence-electron chi connectivity index (χ3n) is 4.05. The Morgan fingerprint density at radius 2 is 1.36 bits per heavy atom. The molecule has 0 heterocycles. The van der Waals surface area contributed by atoms with Gasteiger partial charge in [-0.1, -0.05) is 64.0 Å². The topological polar surface area (TPSA) is 46.2 Å². The van der Waals surface area contributed by atoms with Gasteiger partial charge >= 0.3 is 0 Å². The molecule has 0 unspecified atom stereocenters. The monoisotopic (exact) mass is 493 g/mol. The number of hydrogen-bond acceptors (Lipinski definition) is 3. The number of sulfonamides is 1. The van der Waals surface area contributed by atoms with Gasteiger partial charge in [0.1, 0.15) is 0 Å². The van der Waals surface area contributed by atoms with Gasteiger partial charge in [-0.25, -0.2) is 8.42 Å². The molecular formula is C21H17BrClNO2S2. The average molecular weight is 495 g/mol. The maximum absolute atomic E-state index is 12.5. The van der Waals surface area contributed by atoms with Gasteiger partial charge in [0.25, 0.3) is 10.0 Å². The number of nitrogens with one attached hydrogen (secondary N) is 1. The minimum atomic E-state index is -3.65. The van der Waals surface area contributed by atoms with Crippen LogP contribution >= 0.6 is 39.7 Å². The molecule has 0 saturated carbocycles. The standard InChI is InChI=1S/C21H17BrClNO2S2/c22-17-5-1-15(2-6-17)13-20(27)14-16-3-11-21(12-4-16)28(25,26)24-19-9-7-18(23)8-10-19/h1-12,24H,13-14H2. The average Bonchev–Trinajstić information content (AvgIpc) is 2.66. The van der Waals surface area contributed by atoms with Crippen molar-refractivity contribution in [3.63, 3.8) is 0 Å². The fourth-order valence-corrected chi connectivity index (χ4v) is 4.42. The van der Waals surface area contributed by atoms with E-state index < -0.39 is 10.0 Å². The predicted octanol–water partition coefficient (Wildman–Crippen LogP) is 6.06. The summed E-state index contributed by atoms with van der Waals surface area (Å²) < 4.78 is 28.6. The Balaban J connectivity index is 1.64. The molecule has 0 spiro atoms. The highest BCUT2D eigenvalue weighted by Crippen LogP contribution is 2.19. The molecule has 0 saturated heterocycles. The first-order valence-electron chi connectivity index (χ1n) is 8.45. The van der Waals surface area contributed by atoms with Gasteiger partial charge in [-0.2, -0.15) is 0 Å². The van der Waals surface area contributed by atoms with Gasteiger partial charge in [0.05, 0.1) is 4.90 Å². The summed E-state index contributed by atoms with van der Waals surface area (Å²) in [5, 5.41) is 0.548. The van der Waals surface area contributed by atoms with Gasteiger partial charge in [0.2, 0.25) is 0 Å². The van der Waals surface area contributed by atoms with E-state index in [1.807, 2.05) is 24.3 Å². The van der Waals surface area contributed by atoms with E-state index >= 15 is 0 Å². The fraction of sp³-hybridized carbons (Fsp3) is 0.0952. The third-order valence-corrected chi connectivity index (χ3v) is 6.51. The first-order chi connectivity index (χ1) is 13.3. The summed E-state index contributed by atoms with van der Waals surface area (Å²) in [5.74, 6) is 0. The van der Waals surface area contributed by atoms with Crippen molar-refractivity contribution in [3.8, 4) is 0 Å². The van der Waals surface area contributed by atoms with Crippen molar-refractivity contribution in [3.05, 3.63) is 93.4 Å². The number of benzene rings is 3. The van der Waals surface area contributed by atoms with Gasteiger partial charge in [0.15, 0.2) is 0 Å². The second kappa shape index (κ2) is 9.18. The molecule has 0 aliphatic heterocycles. The molecule has 3 aromatic carbocycles. The molecule has 3 rings (SSSR count). The summed E-state index contributed by atoms with van der Waals surface area (Å²) in [6.45, 7) is 0. The van der Waals surface area contributed by atoms with Crippen LogP contribution in [-0.2, 0) is 22.9 Å². The number of anilines is 1. The summed E-state index contributed by atoms with van der Waals surface area (Å²) in [4.78, 5) is 1.10. The summed E-state index contributed by atoms with van der Waals surface area (Å²) >= 11 is 14.7. The number of hydrogen-bond donors (Lipinski definition) is 1. The Bertz CT molecular complexity index is 1060. The minimum absolute atomic E-state index is 0.199. The van der Waals surface area contributed by atoms with E-state index in [-0.39, 0.29) is 4.90 Å². The maximum Gasteiger partial charge on any atom is 0.261 e. The Hall–Kier alpha value is -1.73. The van der Waals surface area contributed by atoms with Crippen LogP contribution < -0.4 is 4.72 Å². The lowest BCUT2D eigenvalue weighted by Gasteiger charge is -2.09. The highest BCUT2D eigenvalue weighted by Gasteiger charge is 2.14. The molecule has 0 aliphatic rings. The van der Waals surface area contributed by atoms with Crippen LogP contribution in [0, 0.1) is 0 Å². The molecule has 28 heavy (non-hydrogen) atoms. The Kier molecular flexibility index (Phi) is 6.88. The lowest BCUT2D eigenvalue weighted by atomic mass is 10.0. The molecule has 0 bridgehead atoms. The summed E-state index contributed by atoms with van der Waals surface area (Å²) in [6.07, 6.45) is 1.33. The molecule has 144 valence electrons. The van der Waals surface area contributed by atoms with E-state index in [1.54, 1.807) is 48.5 Å². The molecule has 3 aromatic rings. The largest absolute Gasteiger partial charge is 0.280 e. The van der Waals surface area contributed by atoms with Gasteiger partial charge in [-0.05, 0) is 59.7 Å². The zero-order valence-corrected chi connectivity index (χ0v) is 18.7. The van der Waals surface area contributed by atoms with Crippen molar-refractivity contribution in [2.45, 2.75) is 17.7 Å². The van der Waals surface area contributed by atoms with Crippen molar-refractivity contribution in [1.29, 1.82) is 0 Å². The molecule has 3 nitrogen and oxygen atoms in total. The first kappa shape index (κ1) is 21.0. The number of thiocarbonyl (C=S) groups is 1. The highest BCUT2D eigenvalue weighted by molar-refractivity contribution is 9.10. The molecule has 7 heteroatoms. The normalized spacial score (nSPS) is 11.2. The van der Waals surface area contributed by atoms with Crippen molar-refractivity contribution in [2.24, 2.45) is 0 Å². The van der Waals surface area contributed by atoms with Crippen LogP contribution in [0.5, 0.6) is 0 Å². The van der Waals surface area contributed by atoms with Gasteiger partial charge in [-0.15, -0.1) is 0 Å². The fourth-order valence-electron chi connectivity index (χ4n) is 2.64. The predicted molar refractivity (Wildman–Crippen MR) is 123 cm³/mol. The van der Waals surface area contributed by atoms with Crippen LogP contribution in [0.2, 0.25) is 5.02 Å². The zero-order chi connectivity index (χ0) is 20.1. The SMILES string of the molecule is O=S(=O)(Nc1ccc(Cl)cc1)c1ccc(CC(=S)Cc2ccc(Br)cc2)cc1. The van der Waals surface area contributed by atoms with Crippen molar-refractivity contribution >= 4 is 60.3 Å². The lowest BCUT2D eigenvalue weighted by molar-refractivity contribution is 0.601. The number of halogens is 2. The van der Waals surface area contributed by atoms with Crippen molar-refractivity contribution < 1.29 is 8.42 Å². The van der Waals surface area contributed by atoms with Crippen LogP contribution in [0.25, 0.3) is 0 Å². The van der Waals surface area contributed by atoms with Crippen LogP contribution in [0.4, 0.5) is 5.69 Å². The summed E-state index contributed by atoms with van der Waals surface area (Å²) in [5.41, 5.74) is 2.59. The Labute approximate surface area is 183 Å². The van der Waals surface area contributed by atoms with Crippen LogP contribution in [-0.4, -0.2) is 13.3 Å².